The number of rotatable bonds is 4. The molecule has 23 heavy (non-hydrogen) atoms. The fourth-order valence-corrected chi connectivity index (χ4v) is 4.86. The van der Waals surface area contributed by atoms with Crippen molar-refractivity contribution < 1.29 is 0 Å². The number of nitrogens with zero attached hydrogens (tertiary/aromatic N) is 1. The molecule has 0 amide bonds. The van der Waals surface area contributed by atoms with Crippen molar-refractivity contribution in [3.05, 3.63) is 33.1 Å². The van der Waals surface area contributed by atoms with Crippen molar-refractivity contribution >= 4 is 28.4 Å². The predicted octanol–water partition coefficient (Wildman–Crippen LogP) is 4.42. The molecule has 4 heteroatoms. The molecule has 0 atom stereocenters. The quantitative estimate of drug-likeness (QED) is 0.901. The van der Waals surface area contributed by atoms with E-state index in [-0.39, 0.29) is 5.56 Å². The fraction of sp³-hybridized carbons (Fsp3) is 0.526. The molecule has 3 nitrogen and oxygen atoms in total. The first-order valence-corrected chi connectivity index (χ1v) is 9.63. The number of thioether (sulfide) groups is 1. The number of H-pyrrole nitrogens is 1. The van der Waals surface area contributed by atoms with Gasteiger partial charge < -0.3 is 9.88 Å². The Kier molecular flexibility index (Phi) is 4.72. The molecule has 2 aromatic rings. The molecule has 1 N–H and O–H groups in total. The number of unbranched alkanes of at least 4 members (excludes halogenated alkanes) is 1. The minimum atomic E-state index is 0.0698. The van der Waals surface area contributed by atoms with Crippen molar-refractivity contribution in [3.8, 4) is 0 Å². The number of fused-ring (bicyclic) bond motifs is 2. The molecule has 1 aliphatic heterocycles. The maximum absolute atomic E-state index is 12.3. The second kappa shape index (κ2) is 6.60. The molecule has 1 aromatic carbocycles. The van der Waals surface area contributed by atoms with E-state index in [4.69, 9.17) is 0 Å². The Hall–Kier alpha value is -1.42. The number of benzene rings is 1. The van der Waals surface area contributed by atoms with Gasteiger partial charge in [-0.2, -0.15) is 0 Å². The first kappa shape index (κ1) is 16.4. The van der Waals surface area contributed by atoms with Gasteiger partial charge in [-0.3, -0.25) is 4.79 Å². The van der Waals surface area contributed by atoms with E-state index < -0.39 is 0 Å². The summed E-state index contributed by atoms with van der Waals surface area (Å²) in [5.74, 6) is 1.14. The summed E-state index contributed by atoms with van der Waals surface area (Å²) < 4.78 is 0. The van der Waals surface area contributed by atoms with Crippen LogP contribution in [-0.4, -0.2) is 23.8 Å². The van der Waals surface area contributed by atoms with Crippen LogP contribution in [0.25, 0.3) is 10.9 Å². The Balaban J connectivity index is 2.24. The van der Waals surface area contributed by atoms with Crippen LogP contribution in [0.15, 0.2) is 15.8 Å². The van der Waals surface area contributed by atoms with Crippen LogP contribution in [0.5, 0.6) is 0 Å². The zero-order chi connectivity index (χ0) is 16.6. The van der Waals surface area contributed by atoms with Gasteiger partial charge in [-0.05, 0) is 43.9 Å². The van der Waals surface area contributed by atoms with Crippen molar-refractivity contribution in [1.29, 1.82) is 0 Å². The zero-order valence-corrected chi connectivity index (χ0v) is 15.4. The maximum Gasteiger partial charge on any atom is 0.251 e. The van der Waals surface area contributed by atoms with Crippen molar-refractivity contribution in [1.82, 2.24) is 4.98 Å². The highest BCUT2D eigenvalue weighted by atomic mass is 32.2. The highest BCUT2D eigenvalue weighted by Crippen LogP contribution is 2.41. The van der Waals surface area contributed by atoms with Crippen LogP contribution in [0.2, 0.25) is 0 Å². The monoisotopic (exact) mass is 330 g/mol. The standard InChI is InChI=1S/C19H26N2OS/c1-5-7-8-21-9-10-23-18-13(4)17-12(3)14(6-2)19(22)20-15(17)11-16(18)21/h11H,5-10H2,1-4H3,(H,20,22). The lowest BCUT2D eigenvalue weighted by Crippen LogP contribution is -2.30. The molecule has 0 bridgehead atoms. The summed E-state index contributed by atoms with van der Waals surface area (Å²) in [6, 6.07) is 2.20. The van der Waals surface area contributed by atoms with Gasteiger partial charge in [0.15, 0.2) is 0 Å². The average Bonchev–Trinajstić information content (AvgIpc) is 2.53. The Morgan fingerprint density at radius 3 is 2.74 bits per heavy atom. The summed E-state index contributed by atoms with van der Waals surface area (Å²) >= 11 is 1.96. The third-order valence-electron chi connectivity index (χ3n) is 4.93. The molecule has 124 valence electrons. The Labute approximate surface area is 142 Å². The van der Waals surface area contributed by atoms with Crippen LogP contribution in [-0.2, 0) is 6.42 Å². The van der Waals surface area contributed by atoms with Gasteiger partial charge in [-0.25, -0.2) is 0 Å². The summed E-state index contributed by atoms with van der Waals surface area (Å²) in [4.78, 5) is 19.4. The second-order valence-electron chi connectivity index (χ2n) is 6.37. The molecule has 0 saturated carbocycles. The van der Waals surface area contributed by atoms with E-state index >= 15 is 0 Å². The lowest BCUT2D eigenvalue weighted by Gasteiger charge is -2.32. The van der Waals surface area contributed by atoms with Crippen molar-refractivity contribution in [3.63, 3.8) is 0 Å². The van der Waals surface area contributed by atoms with Crippen molar-refractivity contribution in [2.45, 2.75) is 51.9 Å². The number of pyridine rings is 1. The molecule has 0 aliphatic carbocycles. The largest absolute Gasteiger partial charge is 0.370 e. The smallest absolute Gasteiger partial charge is 0.251 e. The van der Waals surface area contributed by atoms with Crippen LogP contribution in [0.3, 0.4) is 0 Å². The van der Waals surface area contributed by atoms with E-state index in [9.17, 15) is 4.79 Å². The molecule has 1 aromatic heterocycles. The van der Waals surface area contributed by atoms with Crippen LogP contribution in [0.1, 0.15) is 43.4 Å². The van der Waals surface area contributed by atoms with Gasteiger partial charge in [0.25, 0.3) is 5.56 Å². The van der Waals surface area contributed by atoms with Crippen LogP contribution >= 0.6 is 11.8 Å². The number of anilines is 1. The normalized spacial score (nSPS) is 14.3. The molecular formula is C19H26N2OS. The highest BCUT2D eigenvalue weighted by molar-refractivity contribution is 7.99. The van der Waals surface area contributed by atoms with Crippen LogP contribution < -0.4 is 10.5 Å². The minimum Gasteiger partial charge on any atom is -0.370 e. The number of hydrogen-bond donors (Lipinski definition) is 1. The molecule has 0 saturated heterocycles. The zero-order valence-electron chi connectivity index (χ0n) is 14.6. The summed E-state index contributed by atoms with van der Waals surface area (Å²) in [6.45, 7) is 10.8. The summed E-state index contributed by atoms with van der Waals surface area (Å²) in [6.07, 6.45) is 3.20. The lowest BCUT2D eigenvalue weighted by atomic mass is 9.98. The fourth-order valence-electron chi connectivity index (χ4n) is 3.69. The van der Waals surface area contributed by atoms with E-state index in [0.717, 1.165) is 41.9 Å². The van der Waals surface area contributed by atoms with Crippen molar-refractivity contribution in [2.24, 2.45) is 0 Å². The lowest BCUT2D eigenvalue weighted by molar-refractivity contribution is 0.725. The molecule has 2 heterocycles. The molecule has 0 fully saturated rings. The van der Waals surface area contributed by atoms with Gasteiger partial charge in [0, 0.05) is 34.7 Å². The molecule has 0 radical (unpaired) electrons. The molecule has 0 spiro atoms. The topological polar surface area (TPSA) is 36.1 Å². The summed E-state index contributed by atoms with van der Waals surface area (Å²) in [5, 5.41) is 1.24. The first-order valence-electron chi connectivity index (χ1n) is 8.65. The third-order valence-corrected chi connectivity index (χ3v) is 6.12. The van der Waals surface area contributed by atoms with Gasteiger partial charge in [0.2, 0.25) is 0 Å². The summed E-state index contributed by atoms with van der Waals surface area (Å²) in [7, 11) is 0. The number of hydrogen-bond acceptors (Lipinski definition) is 3. The minimum absolute atomic E-state index is 0.0698. The van der Waals surface area contributed by atoms with E-state index in [0.29, 0.717) is 0 Å². The maximum atomic E-state index is 12.3. The molecule has 1 aliphatic rings. The Bertz CT molecular complexity index is 794. The van der Waals surface area contributed by atoms with Gasteiger partial charge in [-0.1, -0.05) is 20.3 Å². The molecule has 0 unspecified atom stereocenters. The second-order valence-corrected chi connectivity index (χ2v) is 7.48. The van der Waals surface area contributed by atoms with E-state index in [1.54, 1.807) is 0 Å². The van der Waals surface area contributed by atoms with Crippen molar-refractivity contribution in [2.75, 3.05) is 23.7 Å². The number of aromatic amines is 1. The number of aryl methyl sites for hydroxylation is 2. The Morgan fingerprint density at radius 2 is 2.04 bits per heavy atom. The van der Waals surface area contributed by atoms with Gasteiger partial charge in [0.05, 0.1) is 11.2 Å². The van der Waals surface area contributed by atoms with Gasteiger partial charge in [0.1, 0.15) is 0 Å². The summed E-state index contributed by atoms with van der Waals surface area (Å²) in [5.41, 5.74) is 5.76. The van der Waals surface area contributed by atoms with Crippen LogP contribution in [0.4, 0.5) is 5.69 Å². The van der Waals surface area contributed by atoms with Gasteiger partial charge >= 0.3 is 0 Å². The van der Waals surface area contributed by atoms with E-state index in [1.165, 1.54) is 34.4 Å². The SMILES string of the molecule is CCCCN1CCSc2c1cc1[nH]c(=O)c(CC)c(C)c1c2C. The molecular weight excluding hydrogens is 304 g/mol. The van der Waals surface area contributed by atoms with E-state index in [1.807, 2.05) is 11.8 Å². The van der Waals surface area contributed by atoms with Crippen LogP contribution in [0, 0.1) is 13.8 Å². The first-order chi connectivity index (χ1) is 11.1. The highest BCUT2D eigenvalue weighted by Gasteiger charge is 2.22. The number of aromatic nitrogens is 1. The average molecular weight is 330 g/mol. The Morgan fingerprint density at radius 1 is 1.26 bits per heavy atom. The van der Waals surface area contributed by atoms with Gasteiger partial charge in [-0.15, -0.1) is 11.8 Å². The molecule has 3 rings (SSSR count). The third kappa shape index (κ3) is 2.78. The number of nitrogens with one attached hydrogen (secondary N) is 1. The predicted molar refractivity (Wildman–Crippen MR) is 101 cm³/mol. The van der Waals surface area contributed by atoms with E-state index in [2.05, 4.69) is 43.6 Å².